The van der Waals surface area contributed by atoms with Gasteiger partial charge in [-0.15, -0.1) is 0 Å². The van der Waals surface area contributed by atoms with E-state index in [1.807, 2.05) is 38.1 Å². The van der Waals surface area contributed by atoms with E-state index in [9.17, 15) is 4.79 Å². The van der Waals surface area contributed by atoms with E-state index in [2.05, 4.69) is 5.32 Å². The van der Waals surface area contributed by atoms with Gasteiger partial charge in [0.25, 0.3) is 0 Å². The average Bonchev–Trinajstić information content (AvgIpc) is 2.46. The van der Waals surface area contributed by atoms with Crippen molar-refractivity contribution in [1.29, 1.82) is 0 Å². The van der Waals surface area contributed by atoms with E-state index in [-0.39, 0.29) is 11.8 Å². The first-order valence-corrected chi connectivity index (χ1v) is 7.79. The molecule has 1 aliphatic carbocycles. The molecular formula is C17H26N2O2. The van der Waals surface area contributed by atoms with Crippen molar-refractivity contribution < 1.29 is 9.53 Å². The number of hydrogen-bond donors (Lipinski definition) is 2. The lowest BCUT2D eigenvalue weighted by Crippen LogP contribution is -2.51. The minimum absolute atomic E-state index is 0.0391. The maximum atomic E-state index is 12.4. The number of ether oxygens (including phenoxy) is 1. The van der Waals surface area contributed by atoms with Crippen molar-refractivity contribution in [3.05, 3.63) is 29.8 Å². The Bertz CT molecular complexity index is 468. The first kappa shape index (κ1) is 16.0. The number of rotatable bonds is 5. The van der Waals surface area contributed by atoms with Gasteiger partial charge in [-0.1, -0.05) is 25.0 Å². The molecule has 0 aliphatic heterocycles. The van der Waals surface area contributed by atoms with Crippen LogP contribution in [0.15, 0.2) is 24.3 Å². The summed E-state index contributed by atoms with van der Waals surface area (Å²) in [5, 5.41) is 2.99. The van der Waals surface area contributed by atoms with E-state index in [0.29, 0.717) is 13.2 Å². The minimum atomic E-state index is -0.392. The third-order valence-electron chi connectivity index (χ3n) is 4.27. The first-order chi connectivity index (χ1) is 10.0. The fraction of sp³-hybridized carbons (Fsp3) is 0.588. The van der Waals surface area contributed by atoms with Crippen molar-refractivity contribution in [3.8, 4) is 0 Å². The molecule has 3 N–H and O–H groups in total. The Kier molecular flexibility index (Phi) is 5.37. The molecule has 0 saturated heterocycles. The van der Waals surface area contributed by atoms with Gasteiger partial charge in [0.05, 0.1) is 12.5 Å². The van der Waals surface area contributed by atoms with E-state index < -0.39 is 5.54 Å². The monoisotopic (exact) mass is 290 g/mol. The summed E-state index contributed by atoms with van der Waals surface area (Å²) in [6.45, 7) is 5.27. The highest BCUT2D eigenvalue weighted by molar-refractivity contribution is 5.93. The summed E-state index contributed by atoms with van der Waals surface area (Å²) in [5.41, 5.74) is 7.82. The van der Waals surface area contributed by atoms with Crippen LogP contribution in [0.5, 0.6) is 0 Å². The van der Waals surface area contributed by atoms with Crippen LogP contribution in [0.25, 0.3) is 0 Å². The summed E-state index contributed by atoms with van der Waals surface area (Å²) in [6, 6.07) is 7.80. The smallest absolute Gasteiger partial charge is 0.229 e. The van der Waals surface area contributed by atoms with E-state index in [1.54, 1.807) is 0 Å². The molecule has 0 spiro atoms. The molecule has 0 aromatic heterocycles. The number of carbonyl (C=O) groups excluding carboxylic acids is 1. The van der Waals surface area contributed by atoms with Crippen molar-refractivity contribution in [2.24, 2.45) is 11.7 Å². The largest absolute Gasteiger partial charge is 0.377 e. The van der Waals surface area contributed by atoms with Crippen LogP contribution in [0.2, 0.25) is 0 Å². The van der Waals surface area contributed by atoms with Crippen molar-refractivity contribution >= 4 is 11.6 Å². The van der Waals surface area contributed by atoms with Gasteiger partial charge in [0.1, 0.15) is 0 Å². The van der Waals surface area contributed by atoms with Crippen LogP contribution >= 0.6 is 0 Å². The van der Waals surface area contributed by atoms with Crippen LogP contribution in [-0.4, -0.2) is 18.1 Å². The molecule has 4 heteroatoms. The molecule has 1 aliphatic rings. The molecule has 1 aromatic carbocycles. The Hall–Kier alpha value is -1.39. The molecule has 116 valence electrons. The molecule has 21 heavy (non-hydrogen) atoms. The third kappa shape index (κ3) is 4.29. The summed E-state index contributed by atoms with van der Waals surface area (Å²) in [6.07, 6.45) is 3.99. The zero-order valence-corrected chi connectivity index (χ0v) is 13.0. The summed E-state index contributed by atoms with van der Waals surface area (Å²) in [4.78, 5) is 12.4. The summed E-state index contributed by atoms with van der Waals surface area (Å²) >= 11 is 0. The van der Waals surface area contributed by atoms with E-state index in [1.165, 1.54) is 0 Å². The number of nitrogens with one attached hydrogen (secondary N) is 1. The maximum Gasteiger partial charge on any atom is 0.229 e. The van der Waals surface area contributed by atoms with Crippen molar-refractivity contribution in [2.45, 2.75) is 51.7 Å². The molecule has 4 nitrogen and oxygen atoms in total. The number of nitrogens with two attached hydrogens (primary N) is 1. The van der Waals surface area contributed by atoms with E-state index >= 15 is 0 Å². The van der Waals surface area contributed by atoms with Crippen LogP contribution < -0.4 is 11.1 Å². The number of hydrogen-bond acceptors (Lipinski definition) is 3. The second kappa shape index (κ2) is 7.05. The highest BCUT2D eigenvalue weighted by atomic mass is 16.5. The zero-order chi connectivity index (χ0) is 15.3. The highest BCUT2D eigenvalue weighted by Gasteiger charge is 2.37. The molecule has 1 saturated carbocycles. The molecular weight excluding hydrogens is 264 g/mol. The number of carbonyl (C=O) groups is 1. The second-order valence-electron chi connectivity index (χ2n) is 6.13. The Morgan fingerprint density at radius 3 is 2.71 bits per heavy atom. The number of amides is 1. The maximum absolute atomic E-state index is 12.4. The van der Waals surface area contributed by atoms with Crippen molar-refractivity contribution in [2.75, 3.05) is 11.9 Å². The molecule has 2 rings (SSSR count). The molecule has 1 amide bonds. The van der Waals surface area contributed by atoms with Gasteiger partial charge in [-0.2, -0.15) is 0 Å². The van der Waals surface area contributed by atoms with E-state index in [4.69, 9.17) is 10.5 Å². The summed E-state index contributed by atoms with van der Waals surface area (Å²) in [5.74, 6) is -0.0633. The Morgan fingerprint density at radius 1 is 1.38 bits per heavy atom. The highest BCUT2D eigenvalue weighted by Crippen LogP contribution is 2.32. The van der Waals surface area contributed by atoms with Gasteiger partial charge >= 0.3 is 0 Å². The predicted octanol–water partition coefficient (Wildman–Crippen LogP) is 3.07. The Balaban J connectivity index is 1.95. The van der Waals surface area contributed by atoms with Gasteiger partial charge in [-0.25, -0.2) is 0 Å². The van der Waals surface area contributed by atoms with Gasteiger partial charge in [0.2, 0.25) is 5.91 Å². The quantitative estimate of drug-likeness (QED) is 0.876. The molecule has 2 atom stereocenters. The second-order valence-corrected chi connectivity index (χ2v) is 6.13. The van der Waals surface area contributed by atoms with Crippen LogP contribution in [0, 0.1) is 5.92 Å². The van der Waals surface area contributed by atoms with Crippen molar-refractivity contribution in [3.63, 3.8) is 0 Å². The van der Waals surface area contributed by atoms with Crippen LogP contribution in [-0.2, 0) is 16.1 Å². The number of anilines is 1. The SMILES string of the molecule is CCOCc1ccc(NC(=O)C2CCCCC2(C)N)cc1. The molecule has 0 bridgehead atoms. The molecule has 0 heterocycles. The lowest BCUT2D eigenvalue weighted by molar-refractivity contribution is -0.122. The molecule has 2 unspecified atom stereocenters. The lowest BCUT2D eigenvalue weighted by Gasteiger charge is -2.37. The minimum Gasteiger partial charge on any atom is -0.377 e. The van der Waals surface area contributed by atoms with E-state index in [0.717, 1.165) is 36.9 Å². The number of benzene rings is 1. The predicted molar refractivity (Wildman–Crippen MR) is 85.0 cm³/mol. The first-order valence-electron chi connectivity index (χ1n) is 7.79. The fourth-order valence-corrected chi connectivity index (χ4v) is 2.92. The van der Waals surface area contributed by atoms with Gasteiger partial charge in [0.15, 0.2) is 0 Å². The fourth-order valence-electron chi connectivity index (χ4n) is 2.92. The van der Waals surface area contributed by atoms with Crippen molar-refractivity contribution in [1.82, 2.24) is 0 Å². The average molecular weight is 290 g/mol. The summed E-state index contributed by atoms with van der Waals surface area (Å²) in [7, 11) is 0. The van der Waals surface area contributed by atoms with Gasteiger partial charge in [-0.3, -0.25) is 4.79 Å². The Labute approximate surface area is 127 Å². The normalized spacial score (nSPS) is 25.6. The molecule has 1 fully saturated rings. The molecule has 1 aromatic rings. The summed E-state index contributed by atoms with van der Waals surface area (Å²) < 4.78 is 5.36. The Morgan fingerprint density at radius 2 is 2.10 bits per heavy atom. The standard InChI is InChI=1S/C17H26N2O2/c1-3-21-12-13-7-9-14(10-8-13)19-16(20)15-6-4-5-11-17(15,2)18/h7-10,15H,3-6,11-12,18H2,1-2H3,(H,19,20). The lowest BCUT2D eigenvalue weighted by atomic mass is 9.74. The molecule has 0 radical (unpaired) electrons. The van der Waals surface area contributed by atoms with Gasteiger partial charge < -0.3 is 15.8 Å². The third-order valence-corrected chi connectivity index (χ3v) is 4.27. The van der Waals surface area contributed by atoms with Gasteiger partial charge in [0, 0.05) is 17.8 Å². The zero-order valence-electron chi connectivity index (χ0n) is 13.0. The van der Waals surface area contributed by atoms with Gasteiger partial charge in [-0.05, 0) is 44.4 Å². The van der Waals surface area contributed by atoms with Crippen LogP contribution in [0.1, 0.15) is 45.1 Å². The van der Waals surface area contributed by atoms with Crippen LogP contribution in [0.3, 0.4) is 0 Å². The van der Waals surface area contributed by atoms with Crippen LogP contribution in [0.4, 0.5) is 5.69 Å². The topological polar surface area (TPSA) is 64.3 Å².